The summed E-state index contributed by atoms with van der Waals surface area (Å²) >= 11 is 0. The number of aliphatic hydroxyl groups is 1. The van der Waals surface area contributed by atoms with Crippen LogP contribution in [0.25, 0.3) is 0 Å². The summed E-state index contributed by atoms with van der Waals surface area (Å²) in [6, 6.07) is -1.09. The van der Waals surface area contributed by atoms with E-state index in [0.717, 1.165) is 31.5 Å². The molecule has 0 fully saturated rings. The molecule has 166 valence electrons. The van der Waals surface area contributed by atoms with Crippen molar-refractivity contribution in [3.63, 3.8) is 0 Å². The average Bonchev–Trinajstić information content (AvgIpc) is 3.33. The number of imidazole rings is 1. The van der Waals surface area contributed by atoms with Crippen LogP contribution in [0.3, 0.4) is 0 Å². The molecule has 0 saturated heterocycles. The van der Waals surface area contributed by atoms with E-state index in [4.69, 9.17) is 4.74 Å². The molecule has 7 heteroatoms. The maximum atomic E-state index is 12.4. The molecule has 1 aromatic heterocycles. The number of carboxylic acids is 1. The number of fused-ring (bicyclic) bond motifs is 1. The van der Waals surface area contributed by atoms with Crippen molar-refractivity contribution in [2.24, 2.45) is 5.92 Å². The molecule has 0 saturated carbocycles. The van der Waals surface area contributed by atoms with Crippen molar-refractivity contribution in [2.45, 2.75) is 71.7 Å². The number of allylic oxidation sites excluding steroid dienone is 5. The Bertz CT molecular complexity index is 768. The monoisotopic (exact) mass is 417 g/mol. The lowest BCUT2D eigenvalue weighted by atomic mass is 10.0. The van der Waals surface area contributed by atoms with Gasteiger partial charge in [-0.1, -0.05) is 45.6 Å². The highest BCUT2D eigenvalue weighted by atomic mass is 16.5. The standard InChI is InChI=1S/C23H35N3O4/c1-5-8-9-12-17(4)22(27)26(16-30-18(7-3)11-6-2)21(23(28)29)20-19-13-10-14-25(19)15-24-20/h6,8-9,11,15,17,21-22,27H,2,5,7,10,12-14,16H2,1,3-4H3,(H,28,29)/b9-8-,18-11+. The largest absolute Gasteiger partial charge is 0.482 e. The van der Waals surface area contributed by atoms with Gasteiger partial charge in [-0.2, -0.15) is 0 Å². The third-order valence-electron chi connectivity index (χ3n) is 5.43. The van der Waals surface area contributed by atoms with E-state index in [1.165, 1.54) is 4.90 Å². The molecule has 0 aliphatic carbocycles. The van der Waals surface area contributed by atoms with Gasteiger partial charge in [-0.3, -0.25) is 4.79 Å². The molecule has 1 aliphatic heterocycles. The summed E-state index contributed by atoms with van der Waals surface area (Å²) in [5, 5.41) is 21.2. The first-order valence-electron chi connectivity index (χ1n) is 10.7. The second-order valence-electron chi connectivity index (χ2n) is 7.63. The number of carbonyl (C=O) groups is 1. The predicted octanol–water partition coefficient (Wildman–Crippen LogP) is 4.02. The van der Waals surface area contributed by atoms with Gasteiger partial charge in [0.25, 0.3) is 0 Å². The predicted molar refractivity (Wildman–Crippen MR) is 117 cm³/mol. The molecule has 7 nitrogen and oxygen atoms in total. The SMILES string of the molecule is C=C/C=C(\CC)OCN(C(C(=O)O)c1ncn2c1CCC2)C(O)C(C)C/C=C\CC. The van der Waals surface area contributed by atoms with Crippen LogP contribution in [-0.4, -0.2) is 43.6 Å². The van der Waals surface area contributed by atoms with Gasteiger partial charge in [0.05, 0.1) is 17.8 Å². The molecule has 0 bridgehead atoms. The van der Waals surface area contributed by atoms with Crippen LogP contribution in [-0.2, 0) is 22.5 Å². The van der Waals surface area contributed by atoms with Crippen molar-refractivity contribution in [2.75, 3.05) is 6.73 Å². The third-order valence-corrected chi connectivity index (χ3v) is 5.43. The van der Waals surface area contributed by atoms with E-state index in [1.807, 2.05) is 30.6 Å². The minimum Gasteiger partial charge on any atom is -0.482 e. The molecule has 0 aromatic carbocycles. The molecule has 2 rings (SSSR count). The molecular weight excluding hydrogens is 382 g/mol. The number of ether oxygens (including phenoxy) is 1. The summed E-state index contributed by atoms with van der Waals surface area (Å²) in [7, 11) is 0. The minimum atomic E-state index is -1.09. The Labute approximate surface area is 179 Å². The van der Waals surface area contributed by atoms with Gasteiger partial charge in [-0.25, -0.2) is 9.88 Å². The van der Waals surface area contributed by atoms with E-state index >= 15 is 0 Å². The van der Waals surface area contributed by atoms with Crippen molar-refractivity contribution < 1.29 is 19.7 Å². The smallest absolute Gasteiger partial charge is 0.327 e. The third kappa shape index (κ3) is 5.83. The van der Waals surface area contributed by atoms with Gasteiger partial charge >= 0.3 is 5.97 Å². The van der Waals surface area contributed by atoms with E-state index in [1.54, 1.807) is 18.5 Å². The lowest BCUT2D eigenvalue weighted by molar-refractivity contribution is -0.159. The Hall–Kier alpha value is -2.38. The Morgan fingerprint density at radius 1 is 1.43 bits per heavy atom. The molecule has 1 aliphatic rings. The number of aryl methyl sites for hydroxylation is 1. The van der Waals surface area contributed by atoms with Gasteiger partial charge < -0.3 is 19.5 Å². The summed E-state index contributed by atoms with van der Waals surface area (Å²) in [6.45, 7) is 10.4. The van der Waals surface area contributed by atoms with Crippen LogP contribution in [0.4, 0.5) is 0 Å². The van der Waals surface area contributed by atoms with Gasteiger partial charge in [-0.05, 0) is 37.7 Å². The first kappa shape index (κ1) is 23.9. The second kappa shape index (κ2) is 11.7. The zero-order valence-corrected chi connectivity index (χ0v) is 18.3. The molecule has 0 radical (unpaired) electrons. The zero-order chi connectivity index (χ0) is 22.1. The lowest BCUT2D eigenvalue weighted by Gasteiger charge is -2.35. The molecule has 0 spiro atoms. The fraction of sp³-hybridized carbons (Fsp3) is 0.565. The molecule has 2 N–H and O–H groups in total. The van der Waals surface area contributed by atoms with Crippen LogP contribution >= 0.6 is 0 Å². The van der Waals surface area contributed by atoms with Crippen LogP contribution in [0.2, 0.25) is 0 Å². The highest BCUT2D eigenvalue weighted by Gasteiger charge is 2.38. The lowest BCUT2D eigenvalue weighted by Crippen LogP contribution is -2.46. The zero-order valence-electron chi connectivity index (χ0n) is 18.3. The highest BCUT2D eigenvalue weighted by Crippen LogP contribution is 2.31. The number of hydrogen-bond acceptors (Lipinski definition) is 5. The van der Waals surface area contributed by atoms with Crippen LogP contribution in [0.1, 0.15) is 63.9 Å². The van der Waals surface area contributed by atoms with Gasteiger partial charge in [0.1, 0.15) is 13.0 Å². The quantitative estimate of drug-likeness (QED) is 0.218. The van der Waals surface area contributed by atoms with E-state index in [2.05, 4.69) is 18.5 Å². The summed E-state index contributed by atoms with van der Waals surface area (Å²) in [5.41, 5.74) is 1.42. The molecule has 3 atom stereocenters. The number of aromatic nitrogens is 2. The maximum absolute atomic E-state index is 12.4. The Morgan fingerprint density at radius 3 is 2.83 bits per heavy atom. The van der Waals surface area contributed by atoms with Crippen molar-refractivity contribution in [1.82, 2.24) is 14.5 Å². The Kier molecular flexibility index (Phi) is 9.33. The second-order valence-corrected chi connectivity index (χ2v) is 7.63. The van der Waals surface area contributed by atoms with Gasteiger partial charge in [0.2, 0.25) is 0 Å². The van der Waals surface area contributed by atoms with Crippen LogP contribution in [0.5, 0.6) is 0 Å². The van der Waals surface area contributed by atoms with E-state index in [0.29, 0.717) is 24.3 Å². The van der Waals surface area contributed by atoms with Crippen molar-refractivity contribution in [3.8, 4) is 0 Å². The molecule has 3 unspecified atom stereocenters. The molecule has 30 heavy (non-hydrogen) atoms. The normalized spacial score (nSPS) is 17.2. The fourth-order valence-electron chi connectivity index (χ4n) is 3.74. The van der Waals surface area contributed by atoms with Crippen molar-refractivity contribution >= 4 is 5.97 Å². The number of aliphatic hydroxyl groups excluding tert-OH is 1. The number of hydrogen-bond donors (Lipinski definition) is 2. The van der Waals surface area contributed by atoms with Crippen LogP contribution in [0, 0.1) is 5.92 Å². The summed E-state index contributed by atoms with van der Waals surface area (Å²) in [4.78, 5) is 18.3. The Morgan fingerprint density at radius 2 is 2.20 bits per heavy atom. The van der Waals surface area contributed by atoms with Crippen molar-refractivity contribution in [3.05, 3.63) is 54.4 Å². The summed E-state index contributed by atoms with van der Waals surface area (Å²) in [5.74, 6) is -0.546. The number of aliphatic carboxylic acids is 1. The average molecular weight is 418 g/mol. The molecule has 2 heterocycles. The van der Waals surface area contributed by atoms with Gasteiger partial charge in [0, 0.05) is 18.7 Å². The minimum absolute atomic E-state index is 0.0558. The van der Waals surface area contributed by atoms with Gasteiger partial charge in [0.15, 0.2) is 6.04 Å². The topological polar surface area (TPSA) is 87.8 Å². The molecule has 1 aromatic rings. The first-order chi connectivity index (χ1) is 14.4. The van der Waals surface area contributed by atoms with Gasteiger partial charge in [-0.15, -0.1) is 0 Å². The van der Waals surface area contributed by atoms with E-state index in [9.17, 15) is 15.0 Å². The van der Waals surface area contributed by atoms with Crippen LogP contribution in [0.15, 0.2) is 43.0 Å². The Balaban J connectivity index is 2.35. The van der Waals surface area contributed by atoms with E-state index < -0.39 is 18.2 Å². The number of carboxylic acid groups (broad SMARTS) is 1. The van der Waals surface area contributed by atoms with Crippen molar-refractivity contribution in [1.29, 1.82) is 0 Å². The summed E-state index contributed by atoms with van der Waals surface area (Å²) in [6.07, 6.45) is 12.1. The molecular formula is C23H35N3O4. The maximum Gasteiger partial charge on any atom is 0.327 e. The molecule has 0 amide bonds. The van der Waals surface area contributed by atoms with Crippen LogP contribution < -0.4 is 0 Å². The fourth-order valence-corrected chi connectivity index (χ4v) is 3.74. The number of nitrogens with zero attached hydrogens (tertiary/aromatic N) is 3. The first-order valence-corrected chi connectivity index (χ1v) is 10.7. The highest BCUT2D eigenvalue weighted by molar-refractivity contribution is 5.75. The van der Waals surface area contributed by atoms with E-state index in [-0.39, 0.29) is 12.6 Å². The summed E-state index contributed by atoms with van der Waals surface area (Å²) < 4.78 is 7.88. The number of rotatable bonds is 13.